The molecule has 2 rings (SSSR count). The van der Waals surface area contributed by atoms with E-state index in [0.717, 1.165) is 13.2 Å². The molecule has 0 spiro atoms. The Labute approximate surface area is 101 Å². The molecule has 1 unspecified atom stereocenters. The molecule has 3 heteroatoms. The van der Waals surface area contributed by atoms with Crippen molar-refractivity contribution in [3.63, 3.8) is 0 Å². The lowest BCUT2D eigenvalue weighted by Gasteiger charge is -2.42. The highest BCUT2D eigenvalue weighted by Gasteiger charge is 2.30. The van der Waals surface area contributed by atoms with E-state index in [2.05, 4.69) is 30.6 Å². The van der Waals surface area contributed by atoms with E-state index < -0.39 is 0 Å². The highest BCUT2D eigenvalue weighted by molar-refractivity contribution is 4.84. The summed E-state index contributed by atoms with van der Waals surface area (Å²) in [4.78, 5) is 5.09. The quantitative estimate of drug-likeness (QED) is 0.672. The number of piperazine rings is 1. The molecule has 0 amide bonds. The zero-order chi connectivity index (χ0) is 12.2. The van der Waals surface area contributed by atoms with Crippen molar-refractivity contribution in [2.75, 3.05) is 39.3 Å². The normalized spacial score (nSPS) is 27.2. The first-order valence-electron chi connectivity index (χ1n) is 6.65. The Morgan fingerprint density at radius 1 is 1.06 bits per heavy atom. The number of hydrogen-bond donors (Lipinski definition) is 0. The maximum atomic E-state index is 5.25. The fourth-order valence-corrected chi connectivity index (χ4v) is 2.06. The van der Waals surface area contributed by atoms with Crippen LogP contribution in [0.2, 0.25) is 0 Å². The maximum Gasteiger partial charge on any atom is 0.0936 e. The Morgan fingerprint density at radius 3 is 1.94 bits per heavy atom. The summed E-state index contributed by atoms with van der Waals surface area (Å²) in [6.07, 6.45) is 0.552. The summed E-state index contributed by atoms with van der Waals surface area (Å²) in [5.41, 5.74) is 0.335. The SMILES string of the molecule is CC.CC(C)(C)N1CCN(CC2CO2)CC1. The Hall–Kier alpha value is -0.120. The van der Waals surface area contributed by atoms with Gasteiger partial charge in [-0.2, -0.15) is 0 Å². The Balaban J connectivity index is 0.000000606. The molecule has 16 heavy (non-hydrogen) atoms. The predicted molar refractivity (Wildman–Crippen MR) is 68.9 cm³/mol. The maximum absolute atomic E-state index is 5.25. The fourth-order valence-electron chi connectivity index (χ4n) is 2.06. The van der Waals surface area contributed by atoms with Gasteiger partial charge in [-0.05, 0) is 20.8 Å². The van der Waals surface area contributed by atoms with Gasteiger partial charge in [-0.25, -0.2) is 0 Å². The molecule has 2 saturated heterocycles. The van der Waals surface area contributed by atoms with E-state index in [-0.39, 0.29) is 0 Å². The molecule has 0 aromatic heterocycles. The largest absolute Gasteiger partial charge is 0.372 e. The molecule has 1 atom stereocenters. The van der Waals surface area contributed by atoms with Gasteiger partial charge in [0.25, 0.3) is 0 Å². The van der Waals surface area contributed by atoms with Crippen molar-refractivity contribution in [1.29, 1.82) is 0 Å². The van der Waals surface area contributed by atoms with Gasteiger partial charge in [0, 0.05) is 38.3 Å². The highest BCUT2D eigenvalue weighted by atomic mass is 16.6. The summed E-state index contributed by atoms with van der Waals surface area (Å²) in [7, 11) is 0. The molecule has 0 aliphatic carbocycles. The first-order chi connectivity index (χ1) is 7.55. The first kappa shape index (κ1) is 13.9. The topological polar surface area (TPSA) is 19.0 Å². The number of nitrogens with zero attached hydrogens (tertiary/aromatic N) is 2. The third-order valence-corrected chi connectivity index (χ3v) is 3.19. The Bertz CT molecular complexity index is 189. The van der Waals surface area contributed by atoms with Crippen molar-refractivity contribution < 1.29 is 4.74 Å². The molecule has 2 heterocycles. The molecule has 0 bridgehead atoms. The molecule has 0 saturated carbocycles. The van der Waals surface area contributed by atoms with Gasteiger partial charge < -0.3 is 4.74 Å². The summed E-state index contributed by atoms with van der Waals surface area (Å²) in [5, 5.41) is 0. The van der Waals surface area contributed by atoms with Crippen LogP contribution in [0.15, 0.2) is 0 Å². The van der Waals surface area contributed by atoms with Gasteiger partial charge in [0.05, 0.1) is 12.7 Å². The number of hydrogen-bond acceptors (Lipinski definition) is 3. The van der Waals surface area contributed by atoms with Crippen LogP contribution >= 0.6 is 0 Å². The molecule has 0 aromatic carbocycles. The van der Waals surface area contributed by atoms with Gasteiger partial charge in [-0.15, -0.1) is 0 Å². The molecule has 3 nitrogen and oxygen atoms in total. The molecular weight excluding hydrogens is 200 g/mol. The minimum absolute atomic E-state index is 0.335. The smallest absolute Gasteiger partial charge is 0.0936 e. The van der Waals surface area contributed by atoms with E-state index in [4.69, 9.17) is 4.74 Å². The van der Waals surface area contributed by atoms with Crippen LogP contribution in [0.1, 0.15) is 34.6 Å². The lowest BCUT2D eigenvalue weighted by Crippen LogP contribution is -2.53. The van der Waals surface area contributed by atoms with Crippen LogP contribution in [-0.2, 0) is 4.74 Å². The average Bonchev–Trinajstić information content (AvgIpc) is 3.04. The van der Waals surface area contributed by atoms with Crippen molar-refractivity contribution in [3.05, 3.63) is 0 Å². The molecule has 2 aliphatic rings. The second kappa shape index (κ2) is 5.99. The number of epoxide rings is 1. The van der Waals surface area contributed by atoms with Crippen molar-refractivity contribution in [3.8, 4) is 0 Å². The van der Waals surface area contributed by atoms with Gasteiger partial charge in [-0.3, -0.25) is 9.80 Å². The molecule has 2 aliphatic heterocycles. The fraction of sp³-hybridized carbons (Fsp3) is 1.00. The number of rotatable bonds is 2. The van der Waals surface area contributed by atoms with Crippen molar-refractivity contribution in [2.45, 2.75) is 46.3 Å². The van der Waals surface area contributed by atoms with E-state index in [1.54, 1.807) is 0 Å². The molecular formula is C13H28N2O. The summed E-state index contributed by atoms with van der Waals surface area (Å²) in [6.45, 7) is 17.9. The summed E-state index contributed by atoms with van der Waals surface area (Å²) in [6, 6.07) is 0. The zero-order valence-corrected chi connectivity index (χ0v) is 11.6. The van der Waals surface area contributed by atoms with Crippen LogP contribution in [0, 0.1) is 0 Å². The van der Waals surface area contributed by atoms with Crippen molar-refractivity contribution in [1.82, 2.24) is 9.80 Å². The van der Waals surface area contributed by atoms with Crippen molar-refractivity contribution in [2.24, 2.45) is 0 Å². The third-order valence-electron chi connectivity index (χ3n) is 3.19. The lowest BCUT2D eigenvalue weighted by molar-refractivity contribution is 0.0594. The van der Waals surface area contributed by atoms with E-state index >= 15 is 0 Å². The zero-order valence-electron chi connectivity index (χ0n) is 11.6. The van der Waals surface area contributed by atoms with Gasteiger partial charge in [0.2, 0.25) is 0 Å². The van der Waals surface area contributed by atoms with Crippen LogP contribution in [0.25, 0.3) is 0 Å². The summed E-state index contributed by atoms with van der Waals surface area (Å²) in [5.74, 6) is 0. The minimum atomic E-state index is 0.335. The number of ether oxygens (including phenoxy) is 1. The second-order valence-electron chi connectivity index (χ2n) is 5.41. The van der Waals surface area contributed by atoms with E-state index in [1.807, 2.05) is 13.8 Å². The standard InChI is InChI=1S/C11H22N2O.C2H6/c1-11(2,3)13-6-4-12(5-7-13)8-10-9-14-10;1-2/h10H,4-9H2,1-3H3;1-2H3. The molecule has 96 valence electrons. The molecule has 0 N–H and O–H groups in total. The average molecular weight is 228 g/mol. The van der Waals surface area contributed by atoms with Gasteiger partial charge in [-0.1, -0.05) is 13.8 Å². The van der Waals surface area contributed by atoms with E-state index in [9.17, 15) is 0 Å². The molecule has 0 aromatic rings. The van der Waals surface area contributed by atoms with Crippen LogP contribution in [-0.4, -0.2) is 60.8 Å². The monoisotopic (exact) mass is 228 g/mol. The minimum Gasteiger partial charge on any atom is -0.372 e. The molecule has 2 fully saturated rings. The Kier molecular flexibility index (Phi) is 5.22. The van der Waals surface area contributed by atoms with Gasteiger partial charge in [0.1, 0.15) is 0 Å². The summed E-state index contributed by atoms with van der Waals surface area (Å²) < 4.78 is 5.25. The summed E-state index contributed by atoms with van der Waals surface area (Å²) >= 11 is 0. The van der Waals surface area contributed by atoms with E-state index in [0.29, 0.717) is 11.6 Å². The lowest BCUT2D eigenvalue weighted by atomic mass is 10.0. The third kappa shape index (κ3) is 4.40. The second-order valence-corrected chi connectivity index (χ2v) is 5.41. The highest BCUT2D eigenvalue weighted by Crippen LogP contribution is 2.17. The van der Waals surface area contributed by atoms with Crippen LogP contribution in [0.3, 0.4) is 0 Å². The van der Waals surface area contributed by atoms with Gasteiger partial charge >= 0.3 is 0 Å². The van der Waals surface area contributed by atoms with Crippen LogP contribution < -0.4 is 0 Å². The van der Waals surface area contributed by atoms with Crippen LogP contribution in [0.5, 0.6) is 0 Å². The molecule has 0 radical (unpaired) electrons. The van der Waals surface area contributed by atoms with Crippen molar-refractivity contribution >= 4 is 0 Å². The Morgan fingerprint density at radius 2 is 1.56 bits per heavy atom. The first-order valence-corrected chi connectivity index (χ1v) is 6.65. The van der Waals surface area contributed by atoms with E-state index in [1.165, 1.54) is 26.2 Å². The predicted octanol–water partition coefficient (Wildman–Crippen LogP) is 1.83. The van der Waals surface area contributed by atoms with Gasteiger partial charge in [0.15, 0.2) is 0 Å². The van der Waals surface area contributed by atoms with Crippen LogP contribution in [0.4, 0.5) is 0 Å².